The van der Waals surface area contributed by atoms with Crippen molar-refractivity contribution in [1.29, 1.82) is 0 Å². The fraction of sp³-hybridized carbons (Fsp3) is 0.148. The molecule has 6 rings (SSSR count). The second-order valence-corrected chi connectivity index (χ2v) is 9.42. The highest BCUT2D eigenvalue weighted by atomic mass is 32.1. The van der Waals surface area contributed by atoms with Crippen LogP contribution < -0.4 is 0 Å². The predicted molar refractivity (Wildman–Crippen MR) is 128 cm³/mol. The van der Waals surface area contributed by atoms with Crippen LogP contribution in [0.1, 0.15) is 19.4 Å². The molecule has 0 N–H and O–H groups in total. The third-order valence-electron chi connectivity index (χ3n) is 5.76. The van der Waals surface area contributed by atoms with Crippen molar-refractivity contribution >= 4 is 53.4 Å². The first kappa shape index (κ1) is 17.7. The number of hydrogen-bond acceptors (Lipinski definition) is 3. The number of pyridine rings is 1. The largest absolute Gasteiger partial charge is 0.456 e. The molecule has 30 heavy (non-hydrogen) atoms. The summed E-state index contributed by atoms with van der Waals surface area (Å²) in [7, 11) is 0. The maximum absolute atomic E-state index is 6.34. The van der Waals surface area contributed by atoms with E-state index in [-0.39, 0.29) is 0 Å². The smallest absolute Gasteiger partial charge is 0.136 e. The fourth-order valence-corrected chi connectivity index (χ4v) is 5.62. The zero-order chi connectivity index (χ0) is 20.2. The van der Waals surface area contributed by atoms with E-state index < -0.39 is 0 Å². The van der Waals surface area contributed by atoms with E-state index in [1.54, 1.807) is 11.3 Å². The van der Waals surface area contributed by atoms with Crippen LogP contribution in [0.25, 0.3) is 53.4 Å². The minimum absolute atomic E-state index is 0.610. The maximum atomic E-state index is 6.34. The quantitative estimate of drug-likeness (QED) is 0.295. The normalized spacial score (nSPS) is 12.1. The van der Waals surface area contributed by atoms with Gasteiger partial charge in [0.25, 0.3) is 0 Å². The van der Waals surface area contributed by atoms with Crippen LogP contribution in [0.15, 0.2) is 77.3 Å². The molecular formula is C27H21NOS. The minimum Gasteiger partial charge on any atom is -0.456 e. The Bertz CT molecular complexity index is 1550. The number of nitrogens with zero attached hydrogens (tertiary/aromatic N) is 1. The Hall–Kier alpha value is -3.17. The number of aromatic nitrogens is 1. The van der Waals surface area contributed by atoms with E-state index in [0.717, 1.165) is 28.8 Å². The molecule has 0 saturated heterocycles. The summed E-state index contributed by atoms with van der Waals surface area (Å²) in [5.41, 5.74) is 4.49. The monoisotopic (exact) mass is 407 g/mol. The Labute approximate surface area is 178 Å². The lowest BCUT2D eigenvalue weighted by atomic mass is 9.99. The van der Waals surface area contributed by atoms with Crippen molar-refractivity contribution in [2.75, 3.05) is 0 Å². The van der Waals surface area contributed by atoms with Gasteiger partial charge in [-0.15, -0.1) is 11.3 Å². The molecule has 0 atom stereocenters. The molecule has 3 aromatic heterocycles. The standard InChI is InChI=1S/C27H21NOS/c1-16(2)12-19-8-5-9-23-21(19)15-24(29-23)20-10-11-28-26-22-13-17-6-3-4-7-18(17)14-25(22)30-27(20)26/h3-11,13-16H,12H2,1-2H3. The van der Waals surface area contributed by atoms with Crippen molar-refractivity contribution in [3.63, 3.8) is 0 Å². The van der Waals surface area contributed by atoms with Gasteiger partial charge in [0.05, 0.1) is 10.2 Å². The topological polar surface area (TPSA) is 26.0 Å². The number of fused-ring (bicyclic) bond motifs is 5. The summed E-state index contributed by atoms with van der Waals surface area (Å²) in [4.78, 5) is 4.74. The number of benzene rings is 3. The minimum atomic E-state index is 0.610. The second-order valence-electron chi connectivity index (χ2n) is 8.37. The summed E-state index contributed by atoms with van der Waals surface area (Å²) in [5.74, 6) is 1.53. The highest BCUT2D eigenvalue weighted by molar-refractivity contribution is 7.26. The van der Waals surface area contributed by atoms with Crippen LogP contribution in [0.2, 0.25) is 0 Å². The van der Waals surface area contributed by atoms with Crippen molar-refractivity contribution in [3.05, 3.63) is 78.5 Å². The predicted octanol–water partition coefficient (Wildman–Crippen LogP) is 8.21. The molecule has 0 fully saturated rings. The highest BCUT2D eigenvalue weighted by Crippen LogP contribution is 2.41. The fourth-order valence-electron chi connectivity index (χ4n) is 4.41. The van der Waals surface area contributed by atoms with Crippen LogP contribution in [0.4, 0.5) is 0 Å². The average Bonchev–Trinajstić information content (AvgIpc) is 3.33. The van der Waals surface area contributed by atoms with Gasteiger partial charge in [-0.1, -0.05) is 50.2 Å². The van der Waals surface area contributed by atoms with Crippen LogP contribution >= 0.6 is 11.3 Å². The van der Waals surface area contributed by atoms with Gasteiger partial charge in [0, 0.05) is 27.2 Å². The molecule has 0 unspecified atom stereocenters. The molecule has 0 radical (unpaired) electrons. The molecule has 0 aliphatic heterocycles. The Kier molecular flexibility index (Phi) is 3.93. The maximum Gasteiger partial charge on any atom is 0.136 e. The molecule has 3 aromatic carbocycles. The second kappa shape index (κ2) is 6.68. The Morgan fingerprint density at radius 2 is 1.73 bits per heavy atom. The molecule has 0 aliphatic rings. The van der Waals surface area contributed by atoms with E-state index in [1.807, 2.05) is 6.20 Å². The summed E-state index contributed by atoms with van der Waals surface area (Å²) in [6.07, 6.45) is 2.96. The molecule has 3 heterocycles. The summed E-state index contributed by atoms with van der Waals surface area (Å²) >= 11 is 1.80. The Morgan fingerprint density at radius 3 is 2.57 bits per heavy atom. The van der Waals surface area contributed by atoms with Gasteiger partial charge in [0.15, 0.2) is 0 Å². The van der Waals surface area contributed by atoms with Gasteiger partial charge in [-0.3, -0.25) is 4.98 Å². The van der Waals surface area contributed by atoms with Crippen LogP contribution in [0.3, 0.4) is 0 Å². The van der Waals surface area contributed by atoms with Gasteiger partial charge in [-0.05, 0) is 59.0 Å². The van der Waals surface area contributed by atoms with E-state index in [9.17, 15) is 0 Å². The van der Waals surface area contributed by atoms with E-state index >= 15 is 0 Å². The SMILES string of the molecule is CC(C)Cc1cccc2oc(-c3ccnc4c3sc3cc5ccccc5cc34)cc12. The molecule has 0 saturated carbocycles. The van der Waals surface area contributed by atoms with Gasteiger partial charge in [0.2, 0.25) is 0 Å². The Balaban J connectivity index is 1.60. The van der Waals surface area contributed by atoms with Gasteiger partial charge in [-0.2, -0.15) is 0 Å². The van der Waals surface area contributed by atoms with Gasteiger partial charge in [-0.25, -0.2) is 0 Å². The summed E-state index contributed by atoms with van der Waals surface area (Å²) in [6.45, 7) is 4.51. The number of hydrogen-bond donors (Lipinski definition) is 0. The third-order valence-corrected chi connectivity index (χ3v) is 6.94. The summed E-state index contributed by atoms with van der Waals surface area (Å²) < 4.78 is 8.79. The summed E-state index contributed by atoms with van der Waals surface area (Å²) in [5, 5.41) is 4.95. The molecular weight excluding hydrogens is 386 g/mol. The number of rotatable bonds is 3. The van der Waals surface area contributed by atoms with Gasteiger partial charge in [0.1, 0.15) is 11.3 Å². The van der Waals surface area contributed by atoms with Crippen LogP contribution in [-0.4, -0.2) is 4.98 Å². The lowest BCUT2D eigenvalue weighted by Crippen LogP contribution is -1.93. The number of thiophene rings is 1. The Morgan fingerprint density at radius 1 is 0.900 bits per heavy atom. The zero-order valence-electron chi connectivity index (χ0n) is 17.0. The zero-order valence-corrected chi connectivity index (χ0v) is 17.8. The van der Waals surface area contributed by atoms with Crippen LogP contribution in [0.5, 0.6) is 0 Å². The molecule has 3 heteroatoms. The lowest BCUT2D eigenvalue weighted by molar-refractivity contribution is 0.630. The molecule has 0 spiro atoms. The lowest BCUT2D eigenvalue weighted by Gasteiger charge is -2.05. The first-order chi connectivity index (χ1) is 14.7. The molecule has 0 amide bonds. The molecule has 2 nitrogen and oxygen atoms in total. The van der Waals surface area contributed by atoms with E-state index in [2.05, 4.69) is 80.6 Å². The van der Waals surface area contributed by atoms with Crippen molar-refractivity contribution in [3.8, 4) is 11.3 Å². The van der Waals surface area contributed by atoms with Crippen LogP contribution in [-0.2, 0) is 6.42 Å². The van der Waals surface area contributed by atoms with Crippen molar-refractivity contribution in [2.45, 2.75) is 20.3 Å². The first-order valence-corrected chi connectivity index (χ1v) is 11.2. The van der Waals surface area contributed by atoms with Gasteiger partial charge < -0.3 is 4.42 Å². The summed E-state index contributed by atoms with van der Waals surface area (Å²) in [6, 6.07) is 23.7. The molecule has 6 aromatic rings. The molecule has 0 bridgehead atoms. The average molecular weight is 408 g/mol. The van der Waals surface area contributed by atoms with Crippen molar-refractivity contribution in [1.82, 2.24) is 4.98 Å². The van der Waals surface area contributed by atoms with E-state index in [0.29, 0.717) is 5.92 Å². The van der Waals surface area contributed by atoms with Gasteiger partial charge >= 0.3 is 0 Å². The van der Waals surface area contributed by atoms with Crippen molar-refractivity contribution < 1.29 is 4.42 Å². The van der Waals surface area contributed by atoms with Crippen molar-refractivity contribution in [2.24, 2.45) is 5.92 Å². The first-order valence-electron chi connectivity index (χ1n) is 10.4. The van der Waals surface area contributed by atoms with E-state index in [1.165, 1.54) is 36.5 Å². The van der Waals surface area contributed by atoms with Crippen LogP contribution in [0, 0.1) is 5.92 Å². The molecule has 146 valence electrons. The highest BCUT2D eigenvalue weighted by Gasteiger charge is 2.16. The molecule has 0 aliphatic carbocycles. The third kappa shape index (κ3) is 2.73. The van der Waals surface area contributed by atoms with E-state index in [4.69, 9.17) is 9.40 Å². The number of furan rings is 1.